The van der Waals surface area contributed by atoms with Crippen LogP contribution in [-0.4, -0.2) is 36.6 Å². The first-order chi connectivity index (χ1) is 7.16. The van der Waals surface area contributed by atoms with Crippen LogP contribution < -0.4 is 0 Å². The van der Waals surface area contributed by atoms with Crippen molar-refractivity contribution in [3.05, 3.63) is 0 Å². The highest BCUT2D eigenvalue weighted by Crippen LogP contribution is 2.33. The van der Waals surface area contributed by atoms with Crippen LogP contribution >= 0.6 is 0 Å². The molecule has 0 aromatic rings. The zero-order chi connectivity index (χ0) is 11.3. The molecule has 3 heteroatoms. The second-order valence-corrected chi connectivity index (χ2v) is 4.44. The quantitative estimate of drug-likeness (QED) is 0.763. The summed E-state index contributed by atoms with van der Waals surface area (Å²) >= 11 is 0. The Morgan fingerprint density at radius 1 is 1.33 bits per heavy atom. The van der Waals surface area contributed by atoms with Crippen LogP contribution in [0.1, 0.15) is 40.0 Å². The summed E-state index contributed by atoms with van der Waals surface area (Å²) in [5.74, 6) is 0.287. The summed E-state index contributed by atoms with van der Waals surface area (Å²) in [5.41, 5.74) is -0.359. The van der Waals surface area contributed by atoms with Crippen LogP contribution in [0.25, 0.3) is 0 Å². The van der Waals surface area contributed by atoms with E-state index in [4.69, 9.17) is 9.47 Å². The third-order valence-corrected chi connectivity index (χ3v) is 3.49. The van der Waals surface area contributed by atoms with Crippen molar-refractivity contribution in [3.8, 4) is 0 Å². The third kappa shape index (κ3) is 2.92. The summed E-state index contributed by atoms with van der Waals surface area (Å²) in [6.45, 7) is 8.24. The number of hydrogen-bond donors (Lipinski definition) is 1. The highest BCUT2D eigenvalue weighted by atomic mass is 16.5. The minimum absolute atomic E-state index is 0.287. The molecule has 90 valence electrons. The van der Waals surface area contributed by atoms with Gasteiger partial charge in [0.05, 0.1) is 11.7 Å². The molecule has 2 atom stereocenters. The second-order valence-electron chi connectivity index (χ2n) is 4.44. The predicted molar refractivity (Wildman–Crippen MR) is 59.9 cm³/mol. The van der Waals surface area contributed by atoms with Crippen LogP contribution in [0.15, 0.2) is 0 Å². The Morgan fingerprint density at radius 2 is 1.93 bits per heavy atom. The van der Waals surface area contributed by atoms with Crippen LogP contribution in [-0.2, 0) is 9.47 Å². The summed E-state index contributed by atoms with van der Waals surface area (Å²) in [6, 6.07) is 0. The first-order valence-corrected chi connectivity index (χ1v) is 6.06. The Kier molecular flexibility index (Phi) is 5.03. The standard InChI is InChI=1S/C12H24O3/c1-4-10(3)11(13)12(15-5-2)6-8-14-9-7-12/h10-11,13H,4-9H2,1-3H3. The van der Waals surface area contributed by atoms with Gasteiger partial charge in [0.25, 0.3) is 0 Å². The topological polar surface area (TPSA) is 38.7 Å². The Labute approximate surface area is 92.8 Å². The Bertz CT molecular complexity index is 170. The minimum atomic E-state index is -0.369. The van der Waals surface area contributed by atoms with Crippen molar-refractivity contribution in [2.45, 2.75) is 51.7 Å². The molecule has 1 rings (SSSR count). The van der Waals surface area contributed by atoms with E-state index in [1.165, 1.54) is 0 Å². The highest BCUT2D eigenvalue weighted by molar-refractivity contribution is 4.92. The number of ether oxygens (including phenoxy) is 2. The van der Waals surface area contributed by atoms with Gasteiger partial charge in [-0.15, -0.1) is 0 Å². The lowest BCUT2D eigenvalue weighted by atomic mass is 9.81. The molecule has 1 heterocycles. The van der Waals surface area contributed by atoms with Crippen LogP contribution in [0.5, 0.6) is 0 Å². The van der Waals surface area contributed by atoms with E-state index in [1.807, 2.05) is 6.92 Å². The maximum absolute atomic E-state index is 10.3. The van der Waals surface area contributed by atoms with E-state index in [2.05, 4.69) is 13.8 Å². The fourth-order valence-electron chi connectivity index (χ4n) is 2.27. The lowest BCUT2D eigenvalue weighted by Crippen LogP contribution is -2.51. The molecular weight excluding hydrogens is 192 g/mol. The highest BCUT2D eigenvalue weighted by Gasteiger charge is 2.42. The molecule has 0 aromatic carbocycles. The van der Waals surface area contributed by atoms with E-state index < -0.39 is 0 Å². The summed E-state index contributed by atoms with van der Waals surface area (Å²) in [6.07, 6.45) is 2.24. The molecule has 0 aromatic heterocycles. The van der Waals surface area contributed by atoms with Gasteiger partial charge < -0.3 is 14.6 Å². The molecule has 0 bridgehead atoms. The number of aliphatic hydroxyl groups excluding tert-OH is 1. The fourth-order valence-corrected chi connectivity index (χ4v) is 2.27. The van der Waals surface area contributed by atoms with E-state index in [1.54, 1.807) is 0 Å². The average Bonchev–Trinajstić information content (AvgIpc) is 2.28. The van der Waals surface area contributed by atoms with Gasteiger partial charge in [0.2, 0.25) is 0 Å². The van der Waals surface area contributed by atoms with Gasteiger partial charge in [-0.2, -0.15) is 0 Å². The second kappa shape index (κ2) is 5.83. The largest absolute Gasteiger partial charge is 0.390 e. The Morgan fingerprint density at radius 3 is 2.40 bits per heavy atom. The monoisotopic (exact) mass is 216 g/mol. The van der Waals surface area contributed by atoms with Crippen molar-refractivity contribution in [2.75, 3.05) is 19.8 Å². The van der Waals surface area contributed by atoms with Crippen molar-refractivity contribution in [1.29, 1.82) is 0 Å². The van der Waals surface area contributed by atoms with E-state index >= 15 is 0 Å². The number of rotatable bonds is 5. The van der Waals surface area contributed by atoms with E-state index in [9.17, 15) is 5.11 Å². The van der Waals surface area contributed by atoms with E-state index in [0.717, 1.165) is 19.3 Å². The van der Waals surface area contributed by atoms with Crippen LogP contribution in [0.3, 0.4) is 0 Å². The molecule has 1 N–H and O–H groups in total. The Hall–Kier alpha value is -0.120. The maximum atomic E-state index is 10.3. The molecule has 0 amide bonds. The molecule has 0 spiro atoms. The van der Waals surface area contributed by atoms with Gasteiger partial charge in [0, 0.05) is 32.7 Å². The smallest absolute Gasteiger partial charge is 0.0986 e. The van der Waals surface area contributed by atoms with Crippen molar-refractivity contribution < 1.29 is 14.6 Å². The van der Waals surface area contributed by atoms with Gasteiger partial charge in [-0.05, 0) is 12.8 Å². The maximum Gasteiger partial charge on any atom is 0.0986 e. The van der Waals surface area contributed by atoms with Crippen LogP contribution in [0, 0.1) is 5.92 Å². The van der Waals surface area contributed by atoms with Crippen molar-refractivity contribution in [1.82, 2.24) is 0 Å². The van der Waals surface area contributed by atoms with Crippen molar-refractivity contribution in [2.24, 2.45) is 5.92 Å². The fraction of sp³-hybridized carbons (Fsp3) is 1.00. The molecule has 1 aliphatic rings. The van der Waals surface area contributed by atoms with Gasteiger partial charge >= 0.3 is 0 Å². The zero-order valence-corrected chi connectivity index (χ0v) is 10.2. The van der Waals surface area contributed by atoms with E-state index in [-0.39, 0.29) is 17.6 Å². The molecule has 1 saturated heterocycles. The molecule has 0 aliphatic carbocycles. The number of aliphatic hydroxyl groups is 1. The van der Waals surface area contributed by atoms with Crippen LogP contribution in [0.2, 0.25) is 0 Å². The first-order valence-electron chi connectivity index (χ1n) is 6.06. The SMILES string of the molecule is CCOC1(C(O)C(C)CC)CCOCC1. The van der Waals surface area contributed by atoms with Gasteiger partial charge in [0.1, 0.15) is 0 Å². The Balaban J connectivity index is 2.69. The predicted octanol–water partition coefficient (Wildman–Crippen LogP) is 1.98. The molecule has 0 radical (unpaired) electrons. The molecule has 15 heavy (non-hydrogen) atoms. The number of hydrogen-bond acceptors (Lipinski definition) is 3. The summed E-state index contributed by atoms with van der Waals surface area (Å²) in [7, 11) is 0. The lowest BCUT2D eigenvalue weighted by Gasteiger charge is -2.42. The molecular formula is C12H24O3. The summed E-state index contributed by atoms with van der Waals surface area (Å²) in [4.78, 5) is 0. The van der Waals surface area contributed by atoms with E-state index in [0.29, 0.717) is 19.8 Å². The summed E-state index contributed by atoms with van der Waals surface area (Å²) < 4.78 is 11.2. The average molecular weight is 216 g/mol. The third-order valence-electron chi connectivity index (χ3n) is 3.49. The summed E-state index contributed by atoms with van der Waals surface area (Å²) in [5, 5.41) is 10.3. The van der Waals surface area contributed by atoms with Crippen molar-refractivity contribution >= 4 is 0 Å². The van der Waals surface area contributed by atoms with Crippen LogP contribution in [0.4, 0.5) is 0 Å². The van der Waals surface area contributed by atoms with Gasteiger partial charge in [-0.1, -0.05) is 20.3 Å². The van der Waals surface area contributed by atoms with Gasteiger partial charge in [0.15, 0.2) is 0 Å². The van der Waals surface area contributed by atoms with Gasteiger partial charge in [-0.3, -0.25) is 0 Å². The molecule has 0 saturated carbocycles. The first kappa shape index (κ1) is 12.9. The van der Waals surface area contributed by atoms with Crippen molar-refractivity contribution in [3.63, 3.8) is 0 Å². The molecule has 2 unspecified atom stereocenters. The molecule has 1 fully saturated rings. The minimum Gasteiger partial charge on any atom is -0.390 e. The molecule has 3 nitrogen and oxygen atoms in total. The van der Waals surface area contributed by atoms with Gasteiger partial charge in [-0.25, -0.2) is 0 Å². The zero-order valence-electron chi connectivity index (χ0n) is 10.2. The normalized spacial score (nSPS) is 24.8. The lowest BCUT2D eigenvalue weighted by molar-refractivity contribution is -0.178. The molecule has 1 aliphatic heterocycles.